The van der Waals surface area contributed by atoms with E-state index in [1.165, 1.54) is 12.1 Å². The maximum atomic E-state index is 13.7. The van der Waals surface area contributed by atoms with Gasteiger partial charge >= 0.3 is 12.4 Å². The van der Waals surface area contributed by atoms with Crippen LogP contribution in [0.25, 0.3) is 0 Å². The Hall–Kier alpha value is -3.39. The Morgan fingerprint density at radius 1 is 1.03 bits per heavy atom. The van der Waals surface area contributed by atoms with E-state index in [0.29, 0.717) is 47.3 Å². The van der Waals surface area contributed by atoms with E-state index in [1.54, 1.807) is 23.1 Å². The first-order chi connectivity index (χ1) is 17.9. The van der Waals surface area contributed by atoms with Crippen molar-refractivity contribution in [3.05, 3.63) is 81.9 Å². The number of carbonyl (C=O) groups is 1. The fourth-order valence-electron chi connectivity index (χ4n) is 4.29. The van der Waals surface area contributed by atoms with Gasteiger partial charge in [-0.3, -0.25) is 4.90 Å². The summed E-state index contributed by atoms with van der Waals surface area (Å²) in [5.74, 6) is 0.0373. The number of hydrogen-bond donors (Lipinski definition) is 2. The Bertz CT molecular complexity index is 1220. The van der Waals surface area contributed by atoms with Gasteiger partial charge in [0.15, 0.2) is 0 Å². The summed E-state index contributed by atoms with van der Waals surface area (Å²) in [7, 11) is 0. The molecule has 0 unspecified atom stereocenters. The number of alkyl halides is 3. The molecule has 3 aromatic rings. The van der Waals surface area contributed by atoms with Crippen LogP contribution in [0.1, 0.15) is 55.9 Å². The summed E-state index contributed by atoms with van der Waals surface area (Å²) in [6.07, 6.45) is -3.13. The highest BCUT2D eigenvalue weighted by atomic mass is 35.5. The maximum Gasteiger partial charge on any atom is 0.573 e. The van der Waals surface area contributed by atoms with E-state index in [9.17, 15) is 18.0 Å². The van der Waals surface area contributed by atoms with Crippen molar-refractivity contribution in [2.75, 3.05) is 22.5 Å². The minimum absolute atomic E-state index is 0.283. The summed E-state index contributed by atoms with van der Waals surface area (Å²) in [6.45, 7) is 8.39. The van der Waals surface area contributed by atoms with Crippen LogP contribution in [0, 0.1) is 0 Å². The van der Waals surface area contributed by atoms with Gasteiger partial charge < -0.3 is 15.8 Å². The minimum atomic E-state index is -4.75. The number of nitrogens with zero attached hydrogens (tertiary/aromatic N) is 1. The molecule has 0 radical (unpaired) electrons. The second-order valence-electron chi connectivity index (χ2n) is 9.26. The molecule has 3 aromatic carbocycles. The molecule has 3 rings (SSSR count). The fourth-order valence-corrected chi connectivity index (χ4v) is 4.64. The zero-order valence-electron chi connectivity index (χ0n) is 22.0. The SMILES string of the molecule is CCc1c(N)cc(Cl)c(CC)c1NC(=O)N(CCc1ccc(OC(F)(F)F)cc1)c1ccc(C(C)C)cc1. The van der Waals surface area contributed by atoms with Gasteiger partial charge in [-0.15, -0.1) is 13.2 Å². The molecule has 0 atom stereocenters. The van der Waals surface area contributed by atoms with Crippen molar-refractivity contribution < 1.29 is 22.7 Å². The number of urea groups is 1. The molecule has 5 nitrogen and oxygen atoms in total. The van der Waals surface area contributed by atoms with Crippen molar-refractivity contribution in [3.63, 3.8) is 0 Å². The Balaban J connectivity index is 1.90. The molecule has 0 saturated carbocycles. The van der Waals surface area contributed by atoms with Crippen molar-refractivity contribution in [2.45, 2.75) is 59.2 Å². The zero-order chi connectivity index (χ0) is 28.0. The summed E-state index contributed by atoms with van der Waals surface area (Å²) in [6, 6.07) is 14.7. The Kier molecular flexibility index (Phi) is 9.55. The number of nitrogen functional groups attached to an aromatic ring is 1. The maximum absolute atomic E-state index is 13.7. The van der Waals surface area contributed by atoms with E-state index in [0.717, 1.165) is 22.3 Å². The smallest absolute Gasteiger partial charge is 0.406 e. The fraction of sp³-hybridized carbons (Fsp3) is 0.345. The molecule has 0 aromatic heterocycles. The lowest BCUT2D eigenvalue weighted by atomic mass is 10.0. The lowest BCUT2D eigenvalue weighted by molar-refractivity contribution is -0.274. The van der Waals surface area contributed by atoms with Crippen LogP contribution >= 0.6 is 11.6 Å². The number of carbonyl (C=O) groups excluding carboxylic acids is 1. The number of ether oxygens (including phenoxy) is 1. The third kappa shape index (κ3) is 7.34. The van der Waals surface area contributed by atoms with Crippen molar-refractivity contribution >= 4 is 34.7 Å². The lowest BCUT2D eigenvalue weighted by Crippen LogP contribution is -2.37. The van der Waals surface area contributed by atoms with Gasteiger partial charge in [-0.2, -0.15) is 0 Å². The second kappa shape index (κ2) is 12.4. The first-order valence-corrected chi connectivity index (χ1v) is 12.9. The molecule has 38 heavy (non-hydrogen) atoms. The van der Waals surface area contributed by atoms with E-state index >= 15 is 0 Å². The van der Waals surface area contributed by atoms with Gasteiger partial charge in [0.1, 0.15) is 5.75 Å². The summed E-state index contributed by atoms with van der Waals surface area (Å²) in [5.41, 5.74) is 11.6. The summed E-state index contributed by atoms with van der Waals surface area (Å²) in [5, 5.41) is 3.54. The van der Waals surface area contributed by atoms with E-state index in [4.69, 9.17) is 17.3 Å². The first kappa shape index (κ1) is 29.2. The van der Waals surface area contributed by atoms with E-state index < -0.39 is 6.36 Å². The quantitative estimate of drug-likeness (QED) is 0.264. The largest absolute Gasteiger partial charge is 0.573 e. The van der Waals surface area contributed by atoms with Crippen LogP contribution in [0.3, 0.4) is 0 Å². The van der Waals surface area contributed by atoms with Gasteiger partial charge in [0.05, 0.1) is 5.69 Å². The highest BCUT2D eigenvalue weighted by Crippen LogP contribution is 2.35. The lowest BCUT2D eigenvalue weighted by Gasteiger charge is -2.26. The summed E-state index contributed by atoms with van der Waals surface area (Å²) >= 11 is 6.46. The number of amides is 2. The van der Waals surface area contributed by atoms with Crippen LogP contribution in [0.5, 0.6) is 5.75 Å². The van der Waals surface area contributed by atoms with E-state index in [1.807, 2.05) is 38.1 Å². The van der Waals surface area contributed by atoms with Crippen LogP contribution in [-0.4, -0.2) is 18.9 Å². The van der Waals surface area contributed by atoms with Gasteiger partial charge in [0.25, 0.3) is 0 Å². The number of halogens is 4. The molecule has 0 spiro atoms. The predicted molar refractivity (Wildman–Crippen MR) is 148 cm³/mol. The van der Waals surface area contributed by atoms with Gasteiger partial charge in [-0.05, 0) is 77.8 Å². The number of hydrogen-bond acceptors (Lipinski definition) is 3. The van der Waals surface area contributed by atoms with Gasteiger partial charge in [0.2, 0.25) is 0 Å². The normalized spacial score (nSPS) is 11.5. The Labute approximate surface area is 226 Å². The molecule has 204 valence electrons. The topological polar surface area (TPSA) is 67.6 Å². The van der Waals surface area contributed by atoms with Crippen molar-refractivity contribution in [1.29, 1.82) is 0 Å². The molecular weight excluding hydrogens is 515 g/mol. The molecule has 9 heteroatoms. The molecule has 2 amide bonds. The average molecular weight is 548 g/mol. The highest BCUT2D eigenvalue weighted by molar-refractivity contribution is 6.32. The second-order valence-corrected chi connectivity index (χ2v) is 9.66. The number of anilines is 3. The number of benzene rings is 3. The predicted octanol–water partition coefficient (Wildman–Crippen LogP) is 8.35. The molecular formula is C29H33ClF3N3O2. The monoisotopic (exact) mass is 547 g/mol. The summed E-state index contributed by atoms with van der Waals surface area (Å²) < 4.78 is 41.4. The third-order valence-corrected chi connectivity index (χ3v) is 6.70. The standard InChI is InChI=1S/C29H33ClF3N3O2/c1-5-23-25(30)17-26(34)24(6-2)27(23)35-28(37)36(21-11-9-20(10-12-21)18(3)4)16-15-19-7-13-22(14-8-19)38-29(31,32)33/h7-14,17-18H,5-6,15-16,34H2,1-4H3,(H,35,37). The van der Waals surface area contributed by atoms with Crippen molar-refractivity contribution in [2.24, 2.45) is 0 Å². The van der Waals surface area contributed by atoms with Crippen molar-refractivity contribution in [3.8, 4) is 5.75 Å². The average Bonchev–Trinajstić information content (AvgIpc) is 2.84. The zero-order valence-corrected chi connectivity index (χ0v) is 22.7. The molecule has 0 fully saturated rings. The van der Waals surface area contributed by atoms with E-state index in [-0.39, 0.29) is 18.3 Å². The molecule has 0 saturated heterocycles. The molecule has 0 aliphatic carbocycles. The van der Waals surface area contributed by atoms with Crippen LogP contribution in [0.2, 0.25) is 5.02 Å². The van der Waals surface area contributed by atoms with Crippen LogP contribution in [-0.2, 0) is 19.3 Å². The molecule has 0 heterocycles. The van der Waals surface area contributed by atoms with Gasteiger partial charge in [-0.25, -0.2) is 4.79 Å². The van der Waals surface area contributed by atoms with Crippen LogP contribution in [0.15, 0.2) is 54.6 Å². The van der Waals surface area contributed by atoms with Gasteiger partial charge in [-0.1, -0.05) is 63.6 Å². The third-order valence-electron chi connectivity index (χ3n) is 6.36. The summed E-state index contributed by atoms with van der Waals surface area (Å²) in [4.78, 5) is 15.3. The van der Waals surface area contributed by atoms with Crippen molar-refractivity contribution in [1.82, 2.24) is 0 Å². The van der Waals surface area contributed by atoms with Crippen LogP contribution in [0.4, 0.5) is 35.0 Å². The van der Waals surface area contributed by atoms with Crippen LogP contribution < -0.4 is 20.7 Å². The molecule has 0 bridgehead atoms. The Morgan fingerprint density at radius 3 is 2.16 bits per heavy atom. The molecule has 3 N–H and O–H groups in total. The molecule has 0 aliphatic rings. The number of nitrogens with two attached hydrogens (primary N) is 1. The van der Waals surface area contributed by atoms with Gasteiger partial charge in [0, 0.05) is 22.9 Å². The number of rotatable bonds is 9. The Morgan fingerprint density at radius 2 is 1.63 bits per heavy atom. The highest BCUT2D eigenvalue weighted by Gasteiger charge is 2.31. The minimum Gasteiger partial charge on any atom is -0.406 e. The molecule has 0 aliphatic heterocycles. The number of nitrogens with one attached hydrogen (secondary N) is 1. The van der Waals surface area contributed by atoms with E-state index in [2.05, 4.69) is 23.9 Å². The first-order valence-electron chi connectivity index (χ1n) is 12.6.